The van der Waals surface area contributed by atoms with E-state index < -0.39 is 0 Å². The zero-order chi connectivity index (χ0) is 16.8. The average molecular weight is 321 g/mol. The predicted molar refractivity (Wildman–Crippen MR) is 108 cm³/mol. The molecule has 2 nitrogen and oxygen atoms in total. The minimum atomic E-state index is 0.444. The second-order valence-electron chi connectivity index (χ2n) is 7.58. The van der Waals surface area contributed by atoms with E-state index >= 15 is 0 Å². The van der Waals surface area contributed by atoms with Gasteiger partial charge in [0.2, 0.25) is 0 Å². The molecule has 1 heterocycles. The fraction of sp³-hybridized carbons (Fsp3) is 1.00. The zero-order valence-electron chi connectivity index (χ0n) is 16.2. The highest BCUT2D eigenvalue weighted by molar-refractivity contribution is 6.11. The van der Waals surface area contributed by atoms with Crippen LogP contribution < -0.4 is 5.32 Å². The van der Waals surface area contributed by atoms with Gasteiger partial charge in [-0.3, -0.25) is 0 Å². The van der Waals surface area contributed by atoms with Gasteiger partial charge in [-0.05, 0) is 19.4 Å². The summed E-state index contributed by atoms with van der Waals surface area (Å²) < 4.78 is 5.92. The first-order chi connectivity index (χ1) is 11.3. The van der Waals surface area contributed by atoms with Crippen molar-refractivity contribution < 1.29 is 4.74 Å². The summed E-state index contributed by atoms with van der Waals surface area (Å²) in [7, 11) is 4.44. The first-order valence-corrected chi connectivity index (χ1v) is 10.7. The Morgan fingerprint density at radius 2 is 1.39 bits per heavy atom. The maximum Gasteiger partial charge on any atom is 0.139 e. The van der Waals surface area contributed by atoms with Crippen LogP contribution in [0.2, 0.25) is 6.32 Å². The Kier molecular flexibility index (Phi) is 13.2. The lowest BCUT2D eigenvalue weighted by molar-refractivity contribution is 0.0920. The highest BCUT2D eigenvalue weighted by atomic mass is 16.5. The van der Waals surface area contributed by atoms with Gasteiger partial charge < -0.3 is 10.1 Å². The summed E-state index contributed by atoms with van der Waals surface area (Å²) in [5.74, 6) is 0. The fourth-order valence-electron chi connectivity index (χ4n) is 3.81. The molecule has 1 saturated heterocycles. The average Bonchev–Trinajstić information content (AvgIpc) is 2.91. The lowest BCUT2D eigenvalue weighted by Gasteiger charge is -2.18. The van der Waals surface area contributed by atoms with Crippen LogP contribution >= 0.6 is 0 Å². The topological polar surface area (TPSA) is 21.3 Å². The molecule has 1 N–H and O–H groups in total. The molecule has 0 aromatic rings. The Labute approximate surface area is 147 Å². The largest absolute Gasteiger partial charge is 0.383 e. The maximum absolute atomic E-state index is 5.92. The van der Waals surface area contributed by atoms with Crippen LogP contribution in [0.5, 0.6) is 0 Å². The van der Waals surface area contributed by atoms with Gasteiger partial charge in [-0.25, -0.2) is 0 Å². The molecule has 0 aromatic carbocycles. The van der Waals surface area contributed by atoms with Crippen molar-refractivity contribution in [2.75, 3.05) is 6.54 Å². The fourth-order valence-corrected chi connectivity index (χ4v) is 3.81. The number of ether oxygens (including phenoxy) is 1. The van der Waals surface area contributed by atoms with Crippen LogP contribution in [0, 0.1) is 0 Å². The van der Waals surface area contributed by atoms with E-state index in [1.165, 1.54) is 90.0 Å². The summed E-state index contributed by atoms with van der Waals surface area (Å²) in [6.07, 6.45) is 19.9. The summed E-state index contributed by atoms with van der Waals surface area (Å²) in [4.78, 5) is 0. The lowest BCUT2D eigenvalue weighted by atomic mass is 9.91. The molecule has 3 atom stereocenters. The standard InChI is InChI=1S/C19H41B2NO/c1-2-3-4-5-6-7-8-9-10-11-12-13-14-22-17-15-19(21)23-18(17)16-20/h17-19,22H,2-16,20-21H2,1H3. The van der Waals surface area contributed by atoms with E-state index in [9.17, 15) is 0 Å². The highest BCUT2D eigenvalue weighted by Gasteiger charge is 2.30. The van der Waals surface area contributed by atoms with Gasteiger partial charge in [-0.15, -0.1) is 0 Å². The van der Waals surface area contributed by atoms with Gasteiger partial charge in [0.25, 0.3) is 0 Å². The van der Waals surface area contributed by atoms with Crippen molar-refractivity contribution in [3.63, 3.8) is 0 Å². The minimum Gasteiger partial charge on any atom is -0.383 e. The molecule has 134 valence electrons. The van der Waals surface area contributed by atoms with Crippen molar-refractivity contribution in [3.05, 3.63) is 0 Å². The third-order valence-corrected chi connectivity index (χ3v) is 5.28. The van der Waals surface area contributed by atoms with Crippen molar-refractivity contribution in [1.29, 1.82) is 0 Å². The number of hydrogen-bond acceptors (Lipinski definition) is 2. The van der Waals surface area contributed by atoms with E-state index in [4.69, 9.17) is 4.74 Å². The van der Waals surface area contributed by atoms with E-state index in [1.807, 2.05) is 0 Å². The third-order valence-electron chi connectivity index (χ3n) is 5.28. The molecule has 0 saturated carbocycles. The molecule has 1 fully saturated rings. The molecule has 4 heteroatoms. The maximum atomic E-state index is 5.92. The Bertz CT molecular complexity index is 266. The Hall–Kier alpha value is 0.0499. The summed E-state index contributed by atoms with van der Waals surface area (Å²) >= 11 is 0. The molecule has 1 aliphatic heterocycles. The summed E-state index contributed by atoms with van der Waals surface area (Å²) in [5, 5.41) is 3.72. The van der Waals surface area contributed by atoms with Crippen LogP contribution in [0.25, 0.3) is 0 Å². The lowest BCUT2D eigenvalue weighted by Crippen LogP contribution is -2.36. The second kappa shape index (κ2) is 14.4. The number of rotatable bonds is 15. The van der Waals surface area contributed by atoms with Gasteiger partial charge in [0, 0.05) is 12.0 Å². The van der Waals surface area contributed by atoms with Crippen molar-refractivity contribution in [1.82, 2.24) is 5.32 Å². The van der Waals surface area contributed by atoms with Crippen molar-refractivity contribution in [3.8, 4) is 0 Å². The van der Waals surface area contributed by atoms with E-state index in [0.717, 1.165) is 6.32 Å². The van der Waals surface area contributed by atoms with Crippen molar-refractivity contribution in [2.45, 2.75) is 115 Å². The molecular weight excluding hydrogens is 280 g/mol. The molecule has 3 unspecified atom stereocenters. The number of hydrogen-bond donors (Lipinski definition) is 1. The van der Waals surface area contributed by atoms with Gasteiger partial charge in [0.05, 0.1) is 6.10 Å². The molecule has 0 spiro atoms. The van der Waals surface area contributed by atoms with Crippen LogP contribution in [0.15, 0.2) is 0 Å². The second-order valence-corrected chi connectivity index (χ2v) is 7.58. The molecule has 0 amide bonds. The van der Waals surface area contributed by atoms with Crippen molar-refractivity contribution >= 4 is 15.7 Å². The monoisotopic (exact) mass is 321 g/mol. The first kappa shape index (κ1) is 21.1. The first-order valence-electron chi connectivity index (χ1n) is 10.7. The van der Waals surface area contributed by atoms with Gasteiger partial charge in [0.15, 0.2) is 0 Å². The van der Waals surface area contributed by atoms with Crippen LogP contribution in [0.3, 0.4) is 0 Å². The van der Waals surface area contributed by atoms with Crippen LogP contribution in [-0.4, -0.2) is 40.4 Å². The van der Waals surface area contributed by atoms with Gasteiger partial charge in [-0.1, -0.05) is 83.9 Å². The van der Waals surface area contributed by atoms with Crippen LogP contribution in [0.1, 0.15) is 90.4 Å². The normalized spacial score (nSPS) is 24.3. The molecule has 0 aliphatic carbocycles. The Morgan fingerprint density at radius 1 is 0.870 bits per heavy atom. The zero-order valence-corrected chi connectivity index (χ0v) is 16.2. The molecule has 23 heavy (non-hydrogen) atoms. The molecule has 1 aliphatic rings. The predicted octanol–water partition coefficient (Wildman–Crippen LogP) is 3.45. The van der Waals surface area contributed by atoms with Gasteiger partial charge in [-0.2, -0.15) is 0 Å². The Morgan fingerprint density at radius 3 is 1.91 bits per heavy atom. The number of nitrogens with one attached hydrogen (secondary N) is 1. The summed E-state index contributed by atoms with van der Waals surface area (Å²) in [6.45, 7) is 3.47. The van der Waals surface area contributed by atoms with Gasteiger partial charge >= 0.3 is 0 Å². The smallest absolute Gasteiger partial charge is 0.139 e. The number of unbranched alkanes of at least 4 members (excludes halogenated alkanes) is 11. The third kappa shape index (κ3) is 10.5. The molecular formula is C19H41B2NO. The van der Waals surface area contributed by atoms with Crippen molar-refractivity contribution in [2.24, 2.45) is 0 Å². The molecule has 0 radical (unpaired) electrons. The molecule has 0 bridgehead atoms. The Balaban J connectivity index is 1.80. The van der Waals surface area contributed by atoms with E-state index in [1.54, 1.807) is 0 Å². The van der Waals surface area contributed by atoms with E-state index in [0.29, 0.717) is 18.1 Å². The minimum absolute atomic E-state index is 0.444. The molecule has 1 rings (SSSR count). The van der Waals surface area contributed by atoms with Crippen LogP contribution in [0.4, 0.5) is 0 Å². The van der Waals surface area contributed by atoms with E-state index in [2.05, 4.69) is 27.9 Å². The van der Waals surface area contributed by atoms with E-state index in [-0.39, 0.29) is 0 Å². The SMILES string of the molecule is BCC1OC(B)CC1NCCCCCCCCCCCCCC. The van der Waals surface area contributed by atoms with Gasteiger partial charge in [0.1, 0.15) is 15.7 Å². The highest BCUT2D eigenvalue weighted by Crippen LogP contribution is 2.20. The summed E-state index contributed by atoms with van der Waals surface area (Å²) in [6, 6.07) is 1.04. The summed E-state index contributed by atoms with van der Waals surface area (Å²) in [5.41, 5.74) is 0. The quantitative estimate of drug-likeness (QED) is 0.368. The van der Waals surface area contributed by atoms with Crippen LogP contribution in [-0.2, 0) is 4.74 Å². The molecule has 0 aromatic heterocycles.